The summed E-state index contributed by atoms with van der Waals surface area (Å²) < 4.78 is 28.3. The number of cyclic esters (lactones) is 4. The molecular weight excluding hydrogens is 1100 g/mol. The van der Waals surface area contributed by atoms with E-state index in [-0.39, 0.29) is 99.2 Å². The van der Waals surface area contributed by atoms with Gasteiger partial charge in [0.05, 0.1) is 38.9 Å². The van der Waals surface area contributed by atoms with Crippen LogP contribution in [-0.2, 0) is 28.7 Å². The van der Waals surface area contributed by atoms with Crippen molar-refractivity contribution in [3.63, 3.8) is 0 Å². The van der Waals surface area contributed by atoms with Gasteiger partial charge in [-0.2, -0.15) is 0 Å². The van der Waals surface area contributed by atoms with Crippen LogP contribution in [0.1, 0.15) is 96.6 Å². The molecule has 0 saturated heterocycles. The van der Waals surface area contributed by atoms with E-state index < -0.39 is 41.8 Å². The van der Waals surface area contributed by atoms with Gasteiger partial charge in [0.15, 0.2) is 0 Å². The summed E-state index contributed by atoms with van der Waals surface area (Å²) in [6.45, 7) is 6.65. The number of aromatic carboxylic acids is 3. The molecule has 2 aliphatic heterocycles. The normalized spacial score (nSPS) is 11.4. The topological polar surface area (TPSA) is 304 Å². The van der Waals surface area contributed by atoms with Crippen molar-refractivity contribution in [2.45, 2.75) is 28.2 Å². The van der Waals surface area contributed by atoms with Crippen molar-refractivity contribution in [1.29, 1.82) is 0 Å². The van der Waals surface area contributed by atoms with Gasteiger partial charge in [0.25, 0.3) is 25.9 Å². The quantitative estimate of drug-likeness (QED) is 0.0517. The Morgan fingerprint density at radius 1 is 0.365 bits per heavy atom. The average Bonchev–Trinajstić information content (AvgIpc) is 2.80. The van der Waals surface area contributed by atoms with Gasteiger partial charge in [0.1, 0.15) is 23.0 Å². The molecule has 2 heterocycles. The number of hydrogen-bond donors (Lipinski definition) is 3. The molecule has 3 N–H and O–H groups in total. The van der Waals surface area contributed by atoms with E-state index in [0.717, 1.165) is 38.9 Å². The van der Waals surface area contributed by atoms with Crippen LogP contribution in [0.15, 0.2) is 158 Å². The second kappa shape index (κ2) is 26.6. The van der Waals surface area contributed by atoms with Crippen molar-refractivity contribution in [3.8, 4) is 56.4 Å². The Balaban J connectivity index is 0.000000169. The van der Waals surface area contributed by atoms with E-state index in [4.69, 9.17) is 19.3 Å². The molecule has 0 amide bonds. The smallest absolute Gasteiger partial charge is 0.346 e. The van der Waals surface area contributed by atoms with Crippen molar-refractivity contribution >= 4 is 89.2 Å². The lowest BCUT2D eigenvalue weighted by molar-refractivity contribution is -0.121. The zero-order valence-electron chi connectivity index (χ0n) is 44.1. The van der Waals surface area contributed by atoms with Crippen molar-refractivity contribution in [3.05, 3.63) is 213 Å². The van der Waals surface area contributed by atoms with Crippen LogP contribution in [0, 0.1) is 20.8 Å². The van der Waals surface area contributed by atoms with Crippen LogP contribution in [0.25, 0.3) is 54.9 Å². The van der Waals surface area contributed by atoms with Crippen LogP contribution >= 0.6 is 0 Å². The van der Waals surface area contributed by atoms with E-state index in [1.54, 1.807) is 50.2 Å². The molecule has 0 radical (unpaired) electrons. The molecule has 0 saturated carbocycles. The number of ether oxygens (including phenoxy) is 6. The summed E-state index contributed by atoms with van der Waals surface area (Å²) >= 11 is 0. The number of esters is 4. The van der Waals surface area contributed by atoms with Gasteiger partial charge in [-0.25, -0.2) is 33.6 Å². The maximum atomic E-state index is 11.7. The van der Waals surface area contributed by atoms with E-state index in [9.17, 15) is 63.0 Å². The minimum Gasteiger partial charge on any atom is -0.478 e. The fraction of sp³-hybridized carbons (Fsp3) is 0.0615. The van der Waals surface area contributed by atoms with Crippen molar-refractivity contribution in [1.82, 2.24) is 0 Å². The molecule has 0 bridgehead atoms. The van der Waals surface area contributed by atoms with Gasteiger partial charge in [0, 0.05) is 21.5 Å². The second-order valence-corrected chi connectivity index (χ2v) is 18.2. The molecule has 0 aromatic heterocycles. The molecule has 20 nitrogen and oxygen atoms in total. The molecule has 2 aliphatic rings. The maximum Gasteiger partial charge on any atom is 0.346 e. The van der Waals surface area contributed by atoms with Crippen molar-refractivity contribution in [2.24, 2.45) is 0 Å². The first-order chi connectivity index (χ1) is 40.3. The molecular formula is C65H46O20. The second-order valence-electron chi connectivity index (χ2n) is 18.2. The lowest BCUT2D eigenvalue weighted by Crippen LogP contribution is -2.25. The zero-order chi connectivity index (χ0) is 60.4. The fourth-order valence-electron chi connectivity index (χ4n) is 9.10. The number of fused-ring (bicyclic) bond motifs is 1. The van der Waals surface area contributed by atoms with Gasteiger partial charge < -0.3 is 43.7 Å². The number of carboxylic acids is 3. The molecule has 11 rings (SSSR count). The monoisotopic (exact) mass is 1150 g/mol. The fourth-order valence-corrected chi connectivity index (χ4v) is 9.10. The summed E-state index contributed by atoms with van der Waals surface area (Å²) in [5.41, 5.74) is 9.61. The van der Waals surface area contributed by atoms with E-state index in [0.29, 0.717) is 23.2 Å². The largest absolute Gasteiger partial charge is 0.478 e. The Labute approximate surface area is 481 Å². The van der Waals surface area contributed by atoms with Gasteiger partial charge in [-0.1, -0.05) is 67.6 Å². The third kappa shape index (κ3) is 13.5. The molecule has 426 valence electrons. The number of carbonyl (C=O) groups is 11. The molecule has 0 spiro atoms. The van der Waals surface area contributed by atoms with Gasteiger partial charge in [-0.3, -0.25) is 19.2 Å². The molecule has 0 fully saturated rings. The Morgan fingerprint density at radius 3 is 1.18 bits per heavy atom. The van der Waals surface area contributed by atoms with Gasteiger partial charge in [-0.15, -0.1) is 0 Å². The minimum atomic E-state index is -1.17. The first-order valence-electron chi connectivity index (χ1n) is 24.7. The highest BCUT2D eigenvalue weighted by molar-refractivity contribution is 6.29. The number of hydrogen-bond acceptors (Lipinski definition) is 17. The summed E-state index contributed by atoms with van der Waals surface area (Å²) in [6, 6.07) is 44.6. The third-order valence-corrected chi connectivity index (χ3v) is 12.9. The van der Waals surface area contributed by atoms with Crippen LogP contribution < -0.4 is 18.9 Å². The summed E-state index contributed by atoms with van der Waals surface area (Å²) in [5.74, 6) is -5.31. The van der Waals surface area contributed by atoms with Crippen LogP contribution in [0.4, 0.5) is 0 Å². The summed E-state index contributed by atoms with van der Waals surface area (Å²) in [7, 11) is 0. The van der Waals surface area contributed by atoms with E-state index >= 15 is 0 Å². The van der Waals surface area contributed by atoms with E-state index in [2.05, 4.69) is 63.6 Å². The minimum absolute atomic E-state index is 0. The van der Waals surface area contributed by atoms with E-state index in [1.165, 1.54) is 60.2 Å². The molecule has 0 aliphatic carbocycles. The standard InChI is InChI=1S/C27H20O4.C14H4O6.C14H10O6.C9H8O4.CH4/c1-18-2-4-19(5-3-18)23-14-24(20-6-8-22(9-7-20)27(29)30)16-25(15-23)21-10-12-26(13-11-21)31-17-28;15-11-5-1-2-6-10-8(14(18)20-12(6)16)4-3-7(9(5)10)13(17)19-11;1-8-2-3-9(14(17)18)13-11(20-7-16)5-4-10(12(8)13)19-6-15;1-6-2-7(9(11)12)4-8(3-6)13-5-10;/h2-17H,1H3,(H,29,30);1-4H;2-7H,1H3,(H,17,18);2-5H,1H3,(H,11,12);1H4. The molecule has 85 heavy (non-hydrogen) atoms. The summed E-state index contributed by atoms with van der Waals surface area (Å²) in [4.78, 5) is 122. The molecule has 9 aromatic rings. The molecule has 9 aromatic carbocycles. The van der Waals surface area contributed by atoms with Crippen LogP contribution in [-0.4, -0.2) is 83.0 Å². The van der Waals surface area contributed by atoms with Crippen LogP contribution in [0.3, 0.4) is 0 Å². The van der Waals surface area contributed by atoms with Crippen molar-refractivity contribution in [2.75, 3.05) is 0 Å². The SMILES string of the molecule is C.Cc1cc(OC=O)cc(C(=O)O)c1.Cc1ccc(-c2cc(-c3ccc(OC=O)cc3)cc(-c3ccc(C(=O)O)cc3)c2)cc1.Cc1ccc(C(=O)O)c2c(OC=O)ccc(OC=O)c12.O=C1OC(=O)c2ccc3c4c(ccc1c24)C(=O)OC3=O. The van der Waals surface area contributed by atoms with Crippen LogP contribution in [0.5, 0.6) is 23.0 Å². The predicted octanol–water partition coefficient (Wildman–Crippen LogP) is 11.5. The molecule has 0 unspecified atom stereocenters. The van der Waals surface area contributed by atoms with Crippen molar-refractivity contribution < 1.29 is 96.5 Å². The predicted molar refractivity (Wildman–Crippen MR) is 305 cm³/mol. The number of carbonyl (C=O) groups excluding carboxylic acids is 8. The summed E-state index contributed by atoms with van der Waals surface area (Å²) in [5, 5.41) is 28.2. The Morgan fingerprint density at radius 2 is 0.765 bits per heavy atom. The lowest BCUT2D eigenvalue weighted by Gasteiger charge is -2.21. The zero-order valence-corrected chi connectivity index (χ0v) is 44.1. The van der Waals surface area contributed by atoms with Gasteiger partial charge >= 0.3 is 41.8 Å². The Hall–Kier alpha value is -11.9. The molecule has 20 heteroatoms. The van der Waals surface area contributed by atoms with Gasteiger partial charge in [-0.05, 0) is 168 Å². The lowest BCUT2D eigenvalue weighted by atomic mass is 9.89. The van der Waals surface area contributed by atoms with Gasteiger partial charge in [0.2, 0.25) is 0 Å². The number of carboxylic acid groups (broad SMARTS) is 3. The summed E-state index contributed by atoms with van der Waals surface area (Å²) in [6.07, 6.45) is 0. The Bertz CT molecular complexity index is 4040. The number of benzene rings is 9. The van der Waals surface area contributed by atoms with E-state index in [1.807, 2.05) is 24.3 Å². The number of rotatable bonds is 14. The Kier molecular flexibility index (Phi) is 19.0. The first kappa shape index (κ1) is 60.7. The molecule has 0 atom stereocenters. The average molecular weight is 1150 g/mol. The highest BCUT2D eigenvalue weighted by atomic mass is 16.6. The first-order valence-corrected chi connectivity index (χ1v) is 24.7. The third-order valence-electron chi connectivity index (χ3n) is 12.9. The number of aryl methyl sites for hydroxylation is 3. The highest BCUT2D eigenvalue weighted by Gasteiger charge is 2.35. The highest BCUT2D eigenvalue weighted by Crippen LogP contribution is 2.39. The van der Waals surface area contributed by atoms with Crippen LogP contribution in [0.2, 0.25) is 0 Å². The maximum absolute atomic E-state index is 11.7.